The fourth-order valence-electron chi connectivity index (χ4n) is 3.79. The molecule has 1 aliphatic carbocycles. The average Bonchev–Trinajstić information content (AvgIpc) is 2.94. The lowest BCUT2D eigenvalue weighted by Gasteiger charge is -2.17. The molecule has 94 valence electrons. The summed E-state index contributed by atoms with van der Waals surface area (Å²) in [7, 11) is 0. The van der Waals surface area contributed by atoms with Gasteiger partial charge in [0.25, 0.3) is 0 Å². The van der Waals surface area contributed by atoms with Gasteiger partial charge >= 0.3 is 0 Å². The van der Waals surface area contributed by atoms with Crippen molar-refractivity contribution >= 4 is 5.78 Å². The molecule has 0 aromatic heterocycles. The van der Waals surface area contributed by atoms with E-state index in [1.54, 1.807) is 0 Å². The van der Waals surface area contributed by atoms with Crippen molar-refractivity contribution in [3.05, 3.63) is 35.9 Å². The Labute approximate surface area is 107 Å². The molecule has 1 aromatic carbocycles. The van der Waals surface area contributed by atoms with Gasteiger partial charge in [-0.2, -0.15) is 0 Å². The highest BCUT2D eigenvalue weighted by Crippen LogP contribution is 2.52. The number of hydrogen-bond acceptors (Lipinski definition) is 2. The Kier molecular flexibility index (Phi) is 2.34. The van der Waals surface area contributed by atoms with E-state index in [2.05, 4.69) is 24.3 Å². The third kappa shape index (κ3) is 1.63. The first-order valence-electron chi connectivity index (χ1n) is 7.07. The predicted molar refractivity (Wildman–Crippen MR) is 68.3 cm³/mol. The van der Waals surface area contributed by atoms with Crippen LogP contribution in [0.4, 0.5) is 0 Å². The lowest BCUT2D eigenvalue weighted by molar-refractivity contribution is -0.125. The first-order valence-corrected chi connectivity index (χ1v) is 7.07. The van der Waals surface area contributed by atoms with Gasteiger partial charge < -0.3 is 4.74 Å². The maximum atomic E-state index is 12.5. The largest absolute Gasteiger partial charge is 0.374 e. The van der Waals surface area contributed by atoms with Crippen LogP contribution in [0.25, 0.3) is 0 Å². The van der Waals surface area contributed by atoms with Gasteiger partial charge in [0, 0.05) is 11.8 Å². The number of rotatable bonds is 3. The standard InChI is InChI=1S/C16H18O2/c17-16(14-8-11-6-7-15(14)18-11)13-9-12(13)10-4-2-1-3-5-10/h1-5,11-15H,6-9H2. The zero-order chi connectivity index (χ0) is 12.1. The Bertz CT molecular complexity index is 467. The number of Topliss-reactive ketones (excluding diaryl/α,β-unsaturated/α-hetero) is 1. The van der Waals surface area contributed by atoms with Crippen molar-refractivity contribution < 1.29 is 9.53 Å². The molecule has 1 saturated carbocycles. The van der Waals surface area contributed by atoms with E-state index in [0.717, 1.165) is 19.3 Å². The van der Waals surface area contributed by atoms with E-state index >= 15 is 0 Å². The van der Waals surface area contributed by atoms with Gasteiger partial charge in [-0.3, -0.25) is 4.79 Å². The summed E-state index contributed by atoms with van der Waals surface area (Å²) in [5.74, 6) is 1.46. The molecule has 2 heteroatoms. The molecule has 5 atom stereocenters. The SMILES string of the molecule is O=C(C1CC2CCC1O2)C1CC1c1ccccc1. The van der Waals surface area contributed by atoms with Crippen LogP contribution in [0.5, 0.6) is 0 Å². The average molecular weight is 242 g/mol. The molecule has 3 aliphatic rings. The van der Waals surface area contributed by atoms with Crippen molar-refractivity contribution in [1.29, 1.82) is 0 Å². The zero-order valence-corrected chi connectivity index (χ0v) is 10.4. The molecule has 18 heavy (non-hydrogen) atoms. The third-order valence-corrected chi connectivity index (χ3v) is 4.86. The van der Waals surface area contributed by atoms with E-state index in [0.29, 0.717) is 17.8 Å². The van der Waals surface area contributed by atoms with E-state index < -0.39 is 0 Å². The number of ketones is 1. The van der Waals surface area contributed by atoms with Crippen LogP contribution in [0.3, 0.4) is 0 Å². The Morgan fingerprint density at radius 2 is 1.89 bits per heavy atom. The lowest BCUT2D eigenvalue weighted by atomic mass is 9.84. The van der Waals surface area contributed by atoms with E-state index in [-0.39, 0.29) is 17.9 Å². The normalized spacial score (nSPS) is 41.0. The minimum absolute atomic E-state index is 0.211. The monoisotopic (exact) mass is 242 g/mol. The second kappa shape index (κ2) is 3.92. The van der Waals surface area contributed by atoms with Crippen molar-refractivity contribution in [3.8, 4) is 0 Å². The molecule has 2 heterocycles. The maximum Gasteiger partial charge on any atom is 0.142 e. The maximum absolute atomic E-state index is 12.5. The first-order chi connectivity index (χ1) is 8.83. The highest BCUT2D eigenvalue weighted by atomic mass is 16.5. The van der Waals surface area contributed by atoms with Crippen LogP contribution >= 0.6 is 0 Å². The quantitative estimate of drug-likeness (QED) is 0.814. The van der Waals surface area contributed by atoms with Crippen molar-refractivity contribution in [2.75, 3.05) is 0 Å². The molecule has 0 amide bonds. The number of carbonyl (C=O) groups excluding carboxylic acids is 1. The van der Waals surface area contributed by atoms with E-state index in [1.165, 1.54) is 12.0 Å². The minimum Gasteiger partial charge on any atom is -0.374 e. The summed E-state index contributed by atoms with van der Waals surface area (Å²) < 4.78 is 5.80. The highest BCUT2D eigenvalue weighted by molar-refractivity contribution is 5.88. The summed E-state index contributed by atoms with van der Waals surface area (Å²) in [5, 5.41) is 0. The molecule has 1 aromatic rings. The minimum atomic E-state index is 0.211. The molecule has 0 spiro atoms. The zero-order valence-electron chi connectivity index (χ0n) is 10.4. The molecule has 0 radical (unpaired) electrons. The highest BCUT2D eigenvalue weighted by Gasteiger charge is 2.52. The van der Waals surface area contributed by atoms with Crippen molar-refractivity contribution in [1.82, 2.24) is 0 Å². The van der Waals surface area contributed by atoms with Crippen LogP contribution in [0.1, 0.15) is 37.2 Å². The van der Waals surface area contributed by atoms with Crippen LogP contribution < -0.4 is 0 Å². The molecule has 2 aliphatic heterocycles. The summed E-state index contributed by atoms with van der Waals surface area (Å²) in [6, 6.07) is 10.5. The number of carbonyl (C=O) groups is 1. The second-order valence-corrected chi connectivity index (χ2v) is 5.98. The van der Waals surface area contributed by atoms with Crippen molar-refractivity contribution in [2.24, 2.45) is 11.8 Å². The molecule has 2 bridgehead atoms. The second-order valence-electron chi connectivity index (χ2n) is 5.98. The van der Waals surface area contributed by atoms with E-state index in [1.807, 2.05) is 6.07 Å². The summed E-state index contributed by atoms with van der Waals surface area (Å²) >= 11 is 0. The van der Waals surface area contributed by atoms with Gasteiger partial charge in [-0.1, -0.05) is 30.3 Å². The van der Waals surface area contributed by atoms with Gasteiger partial charge in [0.15, 0.2) is 0 Å². The fraction of sp³-hybridized carbons (Fsp3) is 0.562. The molecule has 5 unspecified atom stereocenters. The number of ether oxygens (including phenoxy) is 1. The fourth-order valence-corrected chi connectivity index (χ4v) is 3.79. The van der Waals surface area contributed by atoms with Crippen LogP contribution in [0, 0.1) is 11.8 Å². The van der Waals surface area contributed by atoms with Gasteiger partial charge in [0.05, 0.1) is 12.2 Å². The Hall–Kier alpha value is -1.15. The lowest BCUT2D eigenvalue weighted by Crippen LogP contribution is -2.26. The van der Waals surface area contributed by atoms with Crippen LogP contribution in [-0.4, -0.2) is 18.0 Å². The molecular weight excluding hydrogens is 224 g/mol. The summed E-state index contributed by atoms with van der Waals surface area (Å²) in [5.41, 5.74) is 1.33. The van der Waals surface area contributed by atoms with Gasteiger partial charge in [-0.05, 0) is 37.2 Å². The molecule has 4 rings (SSSR count). The van der Waals surface area contributed by atoms with Crippen LogP contribution in [0.2, 0.25) is 0 Å². The molecule has 0 N–H and O–H groups in total. The summed E-state index contributed by atoms with van der Waals surface area (Å²) in [4.78, 5) is 12.5. The summed E-state index contributed by atoms with van der Waals surface area (Å²) in [6.45, 7) is 0. The molecule has 2 nitrogen and oxygen atoms in total. The molecule has 3 fully saturated rings. The third-order valence-electron chi connectivity index (χ3n) is 4.86. The predicted octanol–water partition coefficient (Wildman–Crippen LogP) is 2.93. The van der Waals surface area contributed by atoms with E-state index in [9.17, 15) is 4.79 Å². The van der Waals surface area contributed by atoms with Gasteiger partial charge in [-0.25, -0.2) is 0 Å². The molecular formula is C16H18O2. The Morgan fingerprint density at radius 1 is 1.06 bits per heavy atom. The smallest absolute Gasteiger partial charge is 0.142 e. The topological polar surface area (TPSA) is 26.3 Å². The number of benzene rings is 1. The number of hydrogen-bond donors (Lipinski definition) is 0. The van der Waals surface area contributed by atoms with Crippen molar-refractivity contribution in [3.63, 3.8) is 0 Å². The van der Waals surface area contributed by atoms with Gasteiger partial charge in [0.1, 0.15) is 5.78 Å². The Morgan fingerprint density at radius 3 is 2.56 bits per heavy atom. The van der Waals surface area contributed by atoms with E-state index in [4.69, 9.17) is 4.74 Å². The summed E-state index contributed by atoms with van der Waals surface area (Å²) in [6.07, 6.45) is 4.95. The van der Waals surface area contributed by atoms with Crippen molar-refractivity contribution in [2.45, 2.75) is 43.8 Å². The van der Waals surface area contributed by atoms with Crippen LogP contribution in [-0.2, 0) is 9.53 Å². The molecule has 2 saturated heterocycles. The van der Waals surface area contributed by atoms with Gasteiger partial charge in [0.2, 0.25) is 0 Å². The Balaban J connectivity index is 1.46. The number of fused-ring (bicyclic) bond motifs is 2. The van der Waals surface area contributed by atoms with Crippen LogP contribution in [0.15, 0.2) is 30.3 Å². The van der Waals surface area contributed by atoms with Gasteiger partial charge in [-0.15, -0.1) is 0 Å². The first kappa shape index (κ1) is 10.7.